The molecule has 17 heavy (non-hydrogen) atoms. The minimum Gasteiger partial charge on any atom is -0.311 e. The monoisotopic (exact) mass is 263 g/mol. The van der Waals surface area contributed by atoms with Crippen LogP contribution in [-0.4, -0.2) is 32.5 Å². The van der Waals surface area contributed by atoms with Crippen LogP contribution < -0.4 is 5.32 Å². The largest absolute Gasteiger partial charge is 0.311 e. The molecule has 0 aliphatic carbocycles. The maximum atomic E-state index is 11.1. The van der Waals surface area contributed by atoms with Crippen LogP contribution in [0.5, 0.6) is 0 Å². The van der Waals surface area contributed by atoms with Gasteiger partial charge in [-0.3, -0.25) is 0 Å². The summed E-state index contributed by atoms with van der Waals surface area (Å²) in [5.41, 5.74) is 0. The summed E-state index contributed by atoms with van der Waals surface area (Å²) in [6.07, 6.45) is 8.88. The van der Waals surface area contributed by atoms with Gasteiger partial charge in [0.1, 0.15) is 9.84 Å². The standard InChI is InChI=1S/C13H29NO2S/c1-5-6-7-8-9-10-12(2)14-13(3)11-17(4,15)16/h12-14H,5-11H2,1-4H3. The second-order valence-electron chi connectivity index (χ2n) is 5.26. The van der Waals surface area contributed by atoms with E-state index >= 15 is 0 Å². The summed E-state index contributed by atoms with van der Waals surface area (Å²) >= 11 is 0. The molecule has 0 aliphatic rings. The normalized spacial score (nSPS) is 15.8. The molecular weight excluding hydrogens is 234 g/mol. The zero-order valence-corrected chi connectivity index (χ0v) is 12.6. The van der Waals surface area contributed by atoms with Crippen molar-refractivity contribution in [3.63, 3.8) is 0 Å². The summed E-state index contributed by atoms with van der Waals surface area (Å²) in [6.45, 7) is 6.30. The van der Waals surface area contributed by atoms with Crippen LogP contribution >= 0.6 is 0 Å². The molecule has 0 fully saturated rings. The van der Waals surface area contributed by atoms with E-state index in [1.807, 2.05) is 6.92 Å². The summed E-state index contributed by atoms with van der Waals surface area (Å²) in [5, 5.41) is 3.35. The van der Waals surface area contributed by atoms with Crippen LogP contribution in [-0.2, 0) is 9.84 Å². The van der Waals surface area contributed by atoms with Gasteiger partial charge in [0.25, 0.3) is 0 Å². The molecular formula is C13H29NO2S. The molecule has 2 atom stereocenters. The van der Waals surface area contributed by atoms with Crippen molar-refractivity contribution in [2.75, 3.05) is 12.0 Å². The molecule has 0 rings (SSSR count). The average molecular weight is 263 g/mol. The molecule has 0 bridgehead atoms. The third kappa shape index (κ3) is 12.2. The number of hydrogen-bond acceptors (Lipinski definition) is 3. The Morgan fingerprint density at radius 3 is 2.12 bits per heavy atom. The van der Waals surface area contributed by atoms with E-state index in [0.717, 1.165) is 6.42 Å². The Kier molecular flexibility index (Phi) is 8.88. The summed E-state index contributed by atoms with van der Waals surface area (Å²) in [5.74, 6) is 0.229. The summed E-state index contributed by atoms with van der Waals surface area (Å²) in [7, 11) is -2.86. The minimum atomic E-state index is -2.86. The fraction of sp³-hybridized carbons (Fsp3) is 1.00. The van der Waals surface area contributed by atoms with E-state index < -0.39 is 9.84 Å². The van der Waals surface area contributed by atoms with Crippen molar-refractivity contribution in [3.8, 4) is 0 Å². The van der Waals surface area contributed by atoms with E-state index in [-0.39, 0.29) is 11.8 Å². The topological polar surface area (TPSA) is 46.2 Å². The minimum absolute atomic E-state index is 0.0515. The first-order valence-electron chi connectivity index (χ1n) is 6.79. The maximum Gasteiger partial charge on any atom is 0.148 e. The number of unbranched alkanes of at least 4 members (excludes halogenated alkanes) is 4. The highest BCUT2D eigenvalue weighted by Gasteiger charge is 2.12. The van der Waals surface area contributed by atoms with Gasteiger partial charge < -0.3 is 5.32 Å². The lowest BCUT2D eigenvalue weighted by atomic mass is 10.1. The molecule has 0 aromatic rings. The Hall–Kier alpha value is -0.0900. The van der Waals surface area contributed by atoms with Gasteiger partial charge in [0.15, 0.2) is 0 Å². The van der Waals surface area contributed by atoms with Gasteiger partial charge in [-0.15, -0.1) is 0 Å². The van der Waals surface area contributed by atoms with E-state index in [1.165, 1.54) is 38.4 Å². The van der Waals surface area contributed by atoms with Crippen molar-refractivity contribution in [2.24, 2.45) is 0 Å². The molecule has 2 unspecified atom stereocenters. The zero-order chi connectivity index (χ0) is 13.3. The smallest absolute Gasteiger partial charge is 0.148 e. The Balaban J connectivity index is 3.60. The molecule has 0 aromatic carbocycles. The van der Waals surface area contributed by atoms with Gasteiger partial charge in [-0.05, 0) is 20.3 Å². The molecule has 0 radical (unpaired) electrons. The van der Waals surface area contributed by atoms with Gasteiger partial charge in [-0.2, -0.15) is 0 Å². The first-order valence-corrected chi connectivity index (χ1v) is 8.85. The summed E-state index contributed by atoms with van der Waals surface area (Å²) in [4.78, 5) is 0. The molecule has 1 N–H and O–H groups in total. The van der Waals surface area contributed by atoms with Gasteiger partial charge in [-0.1, -0.05) is 39.0 Å². The van der Waals surface area contributed by atoms with Crippen molar-refractivity contribution in [3.05, 3.63) is 0 Å². The zero-order valence-electron chi connectivity index (χ0n) is 11.8. The van der Waals surface area contributed by atoms with Gasteiger partial charge in [-0.25, -0.2) is 8.42 Å². The predicted octanol–water partition coefficient (Wildman–Crippen LogP) is 2.76. The highest BCUT2D eigenvalue weighted by molar-refractivity contribution is 7.90. The molecule has 0 spiro atoms. The number of rotatable bonds is 10. The molecule has 0 aromatic heterocycles. The lowest BCUT2D eigenvalue weighted by molar-refractivity contribution is 0.443. The SMILES string of the molecule is CCCCCCCC(C)NC(C)CS(C)(=O)=O. The summed E-state index contributed by atoms with van der Waals surface area (Å²) in [6, 6.07) is 0.462. The average Bonchev–Trinajstić information content (AvgIpc) is 2.14. The maximum absolute atomic E-state index is 11.1. The van der Waals surface area contributed by atoms with Crippen molar-refractivity contribution in [1.82, 2.24) is 5.32 Å². The Bertz CT molecular complexity index is 275. The summed E-state index contributed by atoms with van der Waals surface area (Å²) < 4.78 is 22.2. The van der Waals surface area contributed by atoms with E-state index in [4.69, 9.17) is 0 Å². The van der Waals surface area contributed by atoms with Crippen molar-refractivity contribution >= 4 is 9.84 Å². The van der Waals surface area contributed by atoms with Gasteiger partial charge in [0.05, 0.1) is 5.75 Å². The molecule has 4 heteroatoms. The van der Waals surface area contributed by atoms with Crippen LogP contribution in [0.15, 0.2) is 0 Å². The van der Waals surface area contributed by atoms with Crippen LogP contribution in [0.3, 0.4) is 0 Å². The van der Waals surface area contributed by atoms with Crippen molar-refractivity contribution in [1.29, 1.82) is 0 Å². The molecule has 0 amide bonds. The van der Waals surface area contributed by atoms with Crippen LogP contribution in [0, 0.1) is 0 Å². The third-order valence-electron chi connectivity index (χ3n) is 2.86. The van der Waals surface area contributed by atoms with Crippen LogP contribution in [0.25, 0.3) is 0 Å². The number of sulfone groups is 1. The molecule has 0 aliphatic heterocycles. The van der Waals surface area contributed by atoms with Gasteiger partial charge in [0, 0.05) is 18.3 Å². The van der Waals surface area contributed by atoms with E-state index in [2.05, 4.69) is 19.2 Å². The highest BCUT2D eigenvalue weighted by atomic mass is 32.2. The number of nitrogens with one attached hydrogen (secondary N) is 1. The molecule has 104 valence electrons. The van der Waals surface area contributed by atoms with Gasteiger partial charge >= 0.3 is 0 Å². The van der Waals surface area contributed by atoms with E-state index in [1.54, 1.807) is 0 Å². The van der Waals surface area contributed by atoms with Crippen LogP contribution in [0.1, 0.15) is 59.3 Å². The first kappa shape index (κ1) is 16.9. The quantitative estimate of drug-likeness (QED) is 0.616. The Labute approximate surface area is 107 Å². The molecule has 0 saturated carbocycles. The van der Waals surface area contributed by atoms with E-state index in [9.17, 15) is 8.42 Å². The van der Waals surface area contributed by atoms with Gasteiger partial charge in [0.2, 0.25) is 0 Å². The fourth-order valence-electron chi connectivity index (χ4n) is 2.13. The second kappa shape index (κ2) is 8.92. The molecule has 0 saturated heterocycles. The van der Waals surface area contributed by atoms with Crippen LogP contribution in [0.2, 0.25) is 0 Å². The molecule has 0 heterocycles. The predicted molar refractivity (Wildman–Crippen MR) is 75.1 cm³/mol. The van der Waals surface area contributed by atoms with E-state index in [0.29, 0.717) is 6.04 Å². The third-order valence-corrected chi connectivity index (χ3v) is 3.97. The number of hydrogen-bond donors (Lipinski definition) is 1. The molecule has 3 nitrogen and oxygen atoms in total. The lowest BCUT2D eigenvalue weighted by Crippen LogP contribution is -2.38. The highest BCUT2D eigenvalue weighted by Crippen LogP contribution is 2.07. The Morgan fingerprint density at radius 1 is 1.00 bits per heavy atom. The Morgan fingerprint density at radius 2 is 1.59 bits per heavy atom. The van der Waals surface area contributed by atoms with Crippen molar-refractivity contribution < 1.29 is 8.42 Å². The first-order chi connectivity index (χ1) is 7.85. The second-order valence-corrected chi connectivity index (χ2v) is 7.45. The fourth-order valence-corrected chi connectivity index (χ4v) is 3.13. The van der Waals surface area contributed by atoms with Crippen molar-refractivity contribution in [2.45, 2.75) is 71.4 Å². The van der Waals surface area contributed by atoms with Crippen LogP contribution in [0.4, 0.5) is 0 Å². The lowest BCUT2D eigenvalue weighted by Gasteiger charge is -2.19.